The predicted molar refractivity (Wildman–Crippen MR) is 82.4 cm³/mol. The van der Waals surface area contributed by atoms with Crippen molar-refractivity contribution in [1.29, 1.82) is 0 Å². The molecule has 1 saturated heterocycles. The van der Waals surface area contributed by atoms with E-state index in [1.165, 1.54) is 12.1 Å². The van der Waals surface area contributed by atoms with Crippen LogP contribution in [0.25, 0.3) is 0 Å². The van der Waals surface area contributed by atoms with Crippen LogP contribution < -0.4 is 10.2 Å². The summed E-state index contributed by atoms with van der Waals surface area (Å²) in [5.74, 6) is 1.53. The van der Waals surface area contributed by atoms with Gasteiger partial charge in [0.25, 0.3) is 0 Å². The van der Waals surface area contributed by atoms with Crippen LogP contribution in [-0.4, -0.2) is 35.8 Å². The number of nitrogens with one attached hydrogen (secondary N) is 1. The Morgan fingerprint density at radius 1 is 1.33 bits per heavy atom. The van der Waals surface area contributed by atoms with Gasteiger partial charge in [-0.1, -0.05) is 30.3 Å². The molecule has 3 rings (SSSR count). The Labute approximate surface area is 125 Å². The van der Waals surface area contributed by atoms with Crippen LogP contribution in [0.5, 0.6) is 0 Å². The molecule has 2 heterocycles. The first-order chi connectivity index (χ1) is 10.3. The van der Waals surface area contributed by atoms with Crippen molar-refractivity contribution in [2.45, 2.75) is 32.2 Å². The van der Waals surface area contributed by atoms with Gasteiger partial charge in [-0.2, -0.15) is 4.98 Å². The SMILES string of the molecule is CCc1nc(CCNC2CCN(c3ccccc3)C2)no1. The maximum atomic E-state index is 5.11. The molecule has 5 heteroatoms. The van der Waals surface area contributed by atoms with Gasteiger partial charge in [-0.15, -0.1) is 0 Å². The van der Waals surface area contributed by atoms with E-state index in [0.717, 1.165) is 44.2 Å². The molecule has 0 bridgehead atoms. The smallest absolute Gasteiger partial charge is 0.226 e. The van der Waals surface area contributed by atoms with E-state index >= 15 is 0 Å². The van der Waals surface area contributed by atoms with E-state index in [-0.39, 0.29) is 0 Å². The molecule has 5 nitrogen and oxygen atoms in total. The van der Waals surface area contributed by atoms with E-state index in [1.807, 2.05) is 6.92 Å². The zero-order valence-corrected chi connectivity index (χ0v) is 12.5. The van der Waals surface area contributed by atoms with Gasteiger partial charge in [0.1, 0.15) is 0 Å². The van der Waals surface area contributed by atoms with E-state index in [1.54, 1.807) is 0 Å². The number of anilines is 1. The van der Waals surface area contributed by atoms with E-state index in [9.17, 15) is 0 Å². The fourth-order valence-electron chi connectivity index (χ4n) is 2.72. The molecule has 0 aliphatic carbocycles. The van der Waals surface area contributed by atoms with Crippen molar-refractivity contribution in [2.24, 2.45) is 0 Å². The first-order valence-corrected chi connectivity index (χ1v) is 7.70. The van der Waals surface area contributed by atoms with E-state index in [4.69, 9.17) is 4.52 Å². The summed E-state index contributed by atoms with van der Waals surface area (Å²) >= 11 is 0. The van der Waals surface area contributed by atoms with Crippen molar-refractivity contribution in [3.05, 3.63) is 42.0 Å². The molecule has 0 amide bonds. The highest BCUT2D eigenvalue weighted by atomic mass is 16.5. The van der Waals surface area contributed by atoms with Crippen molar-refractivity contribution in [1.82, 2.24) is 15.5 Å². The Balaban J connectivity index is 1.43. The van der Waals surface area contributed by atoms with Crippen LogP contribution in [0.15, 0.2) is 34.9 Å². The molecule has 1 aromatic heterocycles. The molecule has 1 fully saturated rings. The van der Waals surface area contributed by atoms with Crippen molar-refractivity contribution in [2.75, 3.05) is 24.5 Å². The highest BCUT2D eigenvalue weighted by Crippen LogP contribution is 2.19. The molecular formula is C16H22N4O. The summed E-state index contributed by atoms with van der Waals surface area (Å²) in [6.45, 7) is 5.10. The third-order valence-electron chi connectivity index (χ3n) is 3.90. The van der Waals surface area contributed by atoms with Crippen LogP contribution in [0.4, 0.5) is 5.69 Å². The summed E-state index contributed by atoms with van der Waals surface area (Å²) in [5.41, 5.74) is 1.31. The number of hydrogen-bond acceptors (Lipinski definition) is 5. The molecule has 0 radical (unpaired) electrons. The normalized spacial score (nSPS) is 18.3. The monoisotopic (exact) mass is 286 g/mol. The lowest BCUT2D eigenvalue weighted by atomic mass is 10.2. The summed E-state index contributed by atoms with van der Waals surface area (Å²) in [4.78, 5) is 6.76. The Bertz CT molecular complexity index is 554. The first kappa shape index (κ1) is 14.1. The van der Waals surface area contributed by atoms with Gasteiger partial charge in [-0.25, -0.2) is 0 Å². The van der Waals surface area contributed by atoms with E-state index < -0.39 is 0 Å². The minimum absolute atomic E-state index is 0.544. The predicted octanol–water partition coefficient (Wildman–Crippen LogP) is 2.04. The van der Waals surface area contributed by atoms with Gasteiger partial charge in [0.15, 0.2) is 5.82 Å². The van der Waals surface area contributed by atoms with Crippen molar-refractivity contribution in [3.8, 4) is 0 Å². The number of rotatable bonds is 6. The lowest BCUT2D eigenvalue weighted by molar-refractivity contribution is 0.376. The van der Waals surface area contributed by atoms with Crippen LogP contribution in [0, 0.1) is 0 Å². The average molecular weight is 286 g/mol. The molecule has 21 heavy (non-hydrogen) atoms. The largest absolute Gasteiger partial charge is 0.370 e. The highest BCUT2D eigenvalue weighted by molar-refractivity contribution is 5.47. The Hall–Kier alpha value is -1.88. The van der Waals surface area contributed by atoms with Crippen molar-refractivity contribution >= 4 is 5.69 Å². The average Bonchev–Trinajstić information content (AvgIpc) is 3.17. The zero-order valence-electron chi connectivity index (χ0n) is 12.5. The fourth-order valence-corrected chi connectivity index (χ4v) is 2.72. The third-order valence-corrected chi connectivity index (χ3v) is 3.90. The van der Waals surface area contributed by atoms with Crippen molar-refractivity contribution in [3.63, 3.8) is 0 Å². The van der Waals surface area contributed by atoms with Crippen LogP contribution in [0.3, 0.4) is 0 Å². The number of hydrogen-bond donors (Lipinski definition) is 1. The highest BCUT2D eigenvalue weighted by Gasteiger charge is 2.21. The lowest BCUT2D eigenvalue weighted by Crippen LogP contribution is -2.34. The Kier molecular flexibility index (Phi) is 4.50. The van der Waals surface area contributed by atoms with Crippen LogP contribution in [-0.2, 0) is 12.8 Å². The molecule has 1 atom stereocenters. The second kappa shape index (κ2) is 6.72. The van der Waals surface area contributed by atoms with Gasteiger partial charge in [0.05, 0.1) is 0 Å². The minimum atomic E-state index is 0.544. The number of nitrogens with zero attached hydrogens (tertiary/aromatic N) is 3. The Morgan fingerprint density at radius 3 is 2.95 bits per heavy atom. The van der Waals surface area contributed by atoms with E-state index in [2.05, 4.69) is 50.7 Å². The molecule has 1 N–H and O–H groups in total. The Morgan fingerprint density at radius 2 is 2.19 bits per heavy atom. The maximum absolute atomic E-state index is 5.11. The molecule has 0 saturated carbocycles. The van der Waals surface area contributed by atoms with Gasteiger partial charge in [0.2, 0.25) is 5.89 Å². The third kappa shape index (κ3) is 3.61. The molecule has 1 aromatic carbocycles. The molecule has 0 spiro atoms. The summed E-state index contributed by atoms with van der Waals surface area (Å²) in [5, 5.41) is 7.57. The molecule has 2 aromatic rings. The van der Waals surface area contributed by atoms with Gasteiger partial charge >= 0.3 is 0 Å². The lowest BCUT2D eigenvalue weighted by Gasteiger charge is -2.18. The summed E-state index contributed by atoms with van der Waals surface area (Å²) < 4.78 is 5.11. The van der Waals surface area contributed by atoms with Gasteiger partial charge in [-0.3, -0.25) is 0 Å². The van der Waals surface area contributed by atoms with Crippen LogP contribution in [0.2, 0.25) is 0 Å². The quantitative estimate of drug-likeness (QED) is 0.880. The maximum Gasteiger partial charge on any atom is 0.226 e. The fraction of sp³-hybridized carbons (Fsp3) is 0.500. The van der Waals surface area contributed by atoms with Crippen molar-refractivity contribution < 1.29 is 4.52 Å². The molecule has 1 aliphatic rings. The van der Waals surface area contributed by atoms with Crippen LogP contribution >= 0.6 is 0 Å². The summed E-state index contributed by atoms with van der Waals surface area (Å²) in [6.07, 6.45) is 2.81. The number of benzene rings is 1. The van der Waals surface area contributed by atoms with Gasteiger partial charge < -0.3 is 14.7 Å². The summed E-state index contributed by atoms with van der Waals surface area (Å²) in [7, 11) is 0. The first-order valence-electron chi connectivity index (χ1n) is 7.70. The molecule has 1 aliphatic heterocycles. The minimum Gasteiger partial charge on any atom is -0.370 e. The second-order valence-corrected chi connectivity index (χ2v) is 5.43. The molecule has 112 valence electrons. The van der Waals surface area contributed by atoms with Crippen LogP contribution in [0.1, 0.15) is 25.1 Å². The van der Waals surface area contributed by atoms with E-state index in [0.29, 0.717) is 6.04 Å². The zero-order chi connectivity index (χ0) is 14.5. The van der Waals surface area contributed by atoms with Gasteiger partial charge in [-0.05, 0) is 18.6 Å². The number of aromatic nitrogens is 2. The van der Waals surface area contributed by atoms with Gasteiger partial charge in [0, 0.05) is 44.2 Å². The number of para-hydroxylation sites is 1. The molecular weight excluding hydrogens is 264 g/mol. The topological polar surface area (TPSA) is 54.2 Å². The second-order valence-electron chi connectivity index (χ2n) is 5.43. The number of aryl methyl sites for hydroxylation is 1. The summed E-state index contributed by atoms with van der Waals surface area (Å²) in [6, 6.07) is 11.1. The molecule has 1 unspecified atom stereocenters. The standard InChI is InChI=1S/C16H22N4O/c1-2-16-18-15(19-21-16)8-10-17-13-9-11-20(12-13)14-6-4-3-5-7-14/h3-7,13,17H,2,8-12H2,1H3.